The fourth-order valence-corrected chi connectivity index (χ4v) is 0.624. The Balaban J connectivity index is 2.97. The molecule has 0 saturated heterocycles. The van der Waals surface area contributed by atoms with Gasteiger partial charge < -0.3 is 5.73 Å². The van der Waals surface area contributed by atoms with Crippen LogP contribution in [0.2, 0.25) is 0 Å². The average molecular weight is 132 g/mol. The first-order chi connectivity index (χ1) is 4.80. The number of rotatable bonds is 1. The van der Waals surface area contributed by atoms with E-state index in [1.807, 2.05) is 12.2 Å². The molecule has 10 heavy (non-hydrogen) atoms. The van der Waals surface area contributed by atoms with Crippen LogP contribution in [0.5, 0.6) is 0 Å². The van der Waals surface area contributed by atoms with Gasteiger partial charge in [-0.25, -0.2) is 0 Å². The zero-order chi connectivity index (χ0) is 7.40. The molecule has 0 fully saturated rings. The molecular weight excluding hydrogens is 124 g/mol. The lowest BCUT2D eigenvalue weighted by atomic mass is 10.2. The van der Waals surface area contributed by atoms with E-state index in [2.05, 4.69) is 5.73 Å². The minimum absolute atomic E-state index is 0.0763. The third-order valence-electron chi connectivity index (χ3n) is 1.13. The van der Waals surface area contributed by atoms with Gasteiger partial charge in [-0.05, 0) is 12.2 Å². The molecule has 2 heteroatoms. The van der Waals surface area contributed by atoms with Gasteiger partial charge in [0.1, 0.15) is 5.84 Å². The second kappa shape index (κ2) is 2.85. The Morgan fingerprint density at radius 2 is 2.30 bits per heavy atom. The second-order valence-electron chi connectivity index (χ2n) is 1.90. The Hall–Kier alpha value is -1.53. The molecule has 0 bridgehead atoms. The lowest BCUT2D eigenvalue weighted by Crippen LogP contribution is -2.10. The summed E-state index contributed by atoms with van der Waals surface area (Å²) in [6.07, 6.45) is 8.90. The van der Waals surface area contributed by atoms with Crippen LogP contribution in [0.4, 0.5) is 0 Å². The number of hydrogen-bond acceptors (Lipinski definition) is 1. The molecule has 1 rings (SSSR count). The van der Waals surface area contributed by atoms with Crippen LogP contribution in [0.3, 0.4) is 0 Å². The fourth-order valence-electron chi connectivity index (χ4n) is 0.624. The lowest BCUT2D eigenvalue weighted by Gasteiger charge is -1.92. The zero-order valence-corrected chi connectivity index (χ0v) is 5.46. The summed E-state index contributed by atoms with van der Waals surface area (Å²) in [6, 6.07) is 0. The van der Waals surface area contributed by atoms with Crippen molar-refractivity contribution >= 4 is 5.84 Å². The van der Waals surface area contributed by atoms with Crippen molar-refractivity contribution in [3.05, 3.63) is 41.7 Å². The van der Waals surface area contributed by atoms with Crippen molar-refractivity contribution < 1.29 is 0 Å². The van der Waals surface area contributed by atoms with Gasteiger partial charge in [-0.1, -0.05) is 18.2 Å². The van der Waals surface area contributed by atoms with Gasteiger partial charge in [0.15, 0.2) is 0 Å². The van der Waals surface area contributed by atoms with Gasteiger partial charge in [-0.15, -0.1) is 5.73 Å². The summed E-state index contributed by atoms with van der Waals surface area (Å²) in [5.74, 6) is 0.0763. The van der Waals surface area contributed by atoms with Crippen molar-refractivity contribution in [3.63, 3.8) is 0 Å². The van der Waals surface area contributed by atoms with Crippen LogP contribution in [0.15, 0.2) is 41.7 Å². The Kier molecular flexibility index (Phi) is 1.88. The van der Waals surface area contributed by atoms with Gasteiger partial charge in [-0.2, -0.15) is 0 Å². The van der Waals surface area contributed by atoms with E-state index in [1.165, 1.54) is 0 Å². The SMILES string of the molecule is N=C(N)C1=CC=CC=C=C1. The van der Waals surface area contributed by atoms with Crippen molar-refractivity contribution in [2.75, 3.05) is 0 Å². The van der Waals surface area contributed by atoms with E-state index >= 15 is 0 Å². The topological polar surface area (TPSA) is 49.9 Å². The Labute approximate surface area is 59.6 Å². The highest BCUT2D eigenvalue weighted by molar-refractivity contribution is 5.97. The molecule has 0 aliphatic heterocycles. The van der Waals surface area contributed by atoms with Gasteiger partial charge in [-0.3, -0.25) is 5.41 Å². The summed E-state index contributed by atoms with van der Waals surface area (Å²) in [5.41, 5.74) is 8.78. The molecule has 0 heterocycles. The maximum Gasteiger partial charge on any atom is 0.123 e. The molecule has 2 nitrogen and oxygen atoms in total. The Morgan fingerprint density at radius 3 is 3.00 bits per heavy atom. The predicted octanol–water partition coefficient (Wildman–Crippen LogP) is 1.13. The number of nitrogens with two attached hydrogens (primary N) is 1. The molecule has 50 valence electrons. The summed E-state index contributed by atoms with van der Waals surface area (Å²) in [7, 11) is 0. The van der Waals surface area contributed by atoms with Crippen LogP contribution >= 0.6 is 0 Å². The first-order valence-electron chi connectivity index (χ1n) is 2.94. The molecule has 0 aromatic heterocycles. The molecule has 0 aromatic carbocycles. The summed E-state index contributed by atoms with van der Waals surface area (Å²) in [6.45, 7) is 0. The van der Waals surface area contributed by atoms with E-state index in [0.717, 1.165) is 0 Å². The summed E-state index contributed by atoms with van der Waals surface area (Å²) >= 11 is 0. The van der Waals surface area contributed by atoms with E-state index in [0.29, 0.717) is 5.57 Å². The van der Waals surface area contributed by atoms with Gasteiger partial charge in [0.2, 0.25) is 0 Å². The van der Waals surface area contributed by atoms with E-state index in [1.54, 1.807) is 18.2 Å². The largest absolute Gasteiger partial charge is 0.384 e. The smallest absolute Gasteiger partial charge is 0.123 e. The lowest BCUT2D eigenvalue weighted by molar-refractivity contribution is 1.43. The summed E-state index contributed by atoms with van der Waals surface area (Å²) in [5, 5.41) is 7.08. The van der Waals surface area contributed by atoms with Crippen LogP contribution < -0.4 is 5.73 Å². The molecule has 0 saturated carbocycles. The minimum Gasteiger partial charge on any atom is -0.384 e. The van der Waals surface area contributed by atoms with E-state index in [-0.39, 0.29) is 5.84 Å². The maximum atomic E-state index is 7.08. The Bertz CT molecular complexity index is 263. The third kappa shape index (κ3) is 1.47. The first kappa shape index (κ1) is 6.59. The molecule has 0 aromatic rings. The monoisotopic (exact) mass is 132 g/mol. The second-order valence-corrected chi connectivity index (χ2v) is 1.90. The van der Waals surface area contributed by atoms with E-state index in [4.69, 9.17) is 11.1 Å². The quantitative estimate of drug-likeness (QED) is 0.313. The molecule has 3 N–H and O–H groups in total. The molecule has 0 unspecified atom stereocenters. The fraction of sp³-hybridized carbons (Fsp3) is 0. The number of allylic oxidation sites excluding steroid dienone is 3. The van der Waals surface area contributed by atoms with Crippen molar-refractivity contribution in [2.45, 2.75) is 0 Å². The van der Waals surface area contributed by atoms with Crippen LogP contribution in [0.25, 0.3) is 0 Å². The van der Waals surface area contributed by atoms with Crippen molar-refractivity contribution in [1.29, 1.82) is 5.41 Å². The standard InChI is InChI=1S/C8H8N2/c9-8(10)7-5-3-1-2-4-6-7/h1-3,5-6H,(H3,9,10). The average Bonchev–Trinajstić information content (AvgIpc) is 2.12. The first-order valence-corrected chi connectivity index (χ1v) is 2.94. The Morgan fingerprint density at radius 1 is 1.50 bits per heavy atom. The third-order valence-corrected chi connectivity index (χ3v) is 1.13. The highest BCUT2D eigenvalue weighted by Gasteiger charge is 1.92. The molecule has 0 spiro atoms. The highest BCUT2D eigenvalue weighted by atomic mass is 14.7. The van der Waals surface area contributed by atoms with Crippen molar-refractivity contribution in [1.82, 2.24) is 0 Å². The van der Waals surface area contributed by atoms with Crippen molar-refractivity contribution in [2.24, 2.45) is 5.73 Å². The molecule has 1 aliphatic carbocycles. The van der Waals surface area contributed by atoms with Gasteiger partial charge in [0.25, 0.3) is 0 Å². The predicted molar refractivity (Wildman–Crippen MR) is 41.8 cm³/mol. The van der Waals surface area contributed by atoms with Gasteiger partial charge in [0, 0.05) is 5.57 Å². The molecular formula is C8H8N2. The van der Waals surface area contributed by atoms with Gasteiger partial charge >= 0.3 is 0 Å². The molecule has 0 radical (unpaired) electrons. The molecule has 0 atom stereocenters. The number of hydrogen-bond donors (Lipinski definition) is 2. The normalized spacial score (nSPS) is 14.6. The van der Waals surface area contributed by atoms with Crippen molar-refractivity contribution in [3.8, 4) is 0 Å². The molecule has 0 amide bonds. The highest BCUT2D eigenvalue weighted by Crippen LogP contribution is 1.98. The number of nitrogens with one attached hydrogen (secondary N) is 1. The van der Waals surface area contributed by atoms with E-state index in [9.17, 15) is 0 Å². The van der Waals surface area contributed by atoms with Crippen LogP contribution in [0, 0.1) is 5.41 Å². The van der Waals surface area contributed by atoms with Crippen LogP contribution in [-0.4, -0.2) is 5.84 Å². The zero-order valence-electron chi connectivity index (χ0n) is 5.46. The summed E-state index contributed by atoms with van der Waals surface area (Å²) in [4.78, 5) is 0. The van der Waals surface area contributed by atoms with Crippen LogP contribution in [0.1, 0.15) is 0 Å². The minimum atomic E-state index is 0.0763. The number of amidine groups is 1. The maximum absolute atomic E-state index is 7.08. The summed E-state index contributed by atoms with van der Waals surface area (Å²) < 4.78 is 0. The van der Waals surface area contributed by atoms with Crippen LogP contribution in [-0.2, 0) is 0 Å². The van der Waals surface area contributed by atoms with E-state index < -0.39 is 0 Å². The molecule has 1 aliphatic rings. The van der Waals surface area contributed by atoms with Gasteiger partial charge in [0.05, 0.1) is 0 Å².